The number of rotatable bonds is 4. The van der Waals surface area contributed by atoms with Gasteiger partial charge in [-0.25, -0.2) is 4.98 Å². The Morgan fingerprint density at radius 2 is 2.38 bits per heavy atom. The molecule has 1 unspecified atom stereocenters. The van der Waals surface area contributed by atoms with Crippen LogP contribution in [0.1, 0.15) is 24.4 Å². The Kier molecular flexibility index (Phi) is 3.11. The molecule has 0 saturated heterocycles. The van der Waals surface area contributed by atoms with Crippen molar-refractivity contribution in [2.75, 3.05) is 6.61 Å². The Balaban J connectivity index is 2.23. The first-order valence-corrected chi connectivity index (χ1v) is 5.00. The van der Waals surface area contributed by atoms with E-state index < -0.39 is 0 Å². The second-order valence-corrected chi connectivity index (χ2v) is 3.24. The molecule has 0 spiro atoms. The van der Waals surface area contributed by atoms with Crippen LogP contribution in [0.3, 0.4) is 0 Å². The zero-order valence-electron chi connectivity index (χ0n) is 8.92. The summed E-state index contributed by atoms with van der Waals surface area (Å²) in [5, 5.41) is 6.49. The van der Waals surface area contributed by atoms with E-state index in [9.17, 15) is 0 Å². The van der Waals surface area contributed by atoms with Crippen molar-refractivity contribution in [3.05, 3.63) is 36.2 Å². The number of ether oxygens (including phenoxy) is 1. The van der Waals surface area contributed by atoms with Gasteiger partial charge in [0, 0.05) is 6.20 Å². The van der Waals surface area contributed by atoms with E-state index in [0.717, 1.165) is 5.56 Å². The van der Waals surface area contributed by atoms with E-state index in [4.69, 9.17) is 10.5 Å². The maximum absolute atomic E-state index is 6.00. The summed E-state index contributed by atoms with van der Waals surface area (Å²) in [6, 6.07) is 1.49. The van der Waals surface area contributed by atoms with Crippen LogP contribution in [0.4, 0.5) is 0 Å². The lowest BCUT2D eigenvalue weighted by atomic mass is 10.1. The number of aromatic amines is 1. The summed E-state index contributed by atoms with van der Waals surface area (Å²) in [5.74, 6) is 1.31. The molecule has 0 fully saturated rings. The fraction of sp³-hybridized carbons (Fsp3) is 0.300. The molecule has 2 rings (SSSR count). The third-order valence-electron chi connectivity index (χ3n) is 2.13. The predicted molar refractivity (Wildman–Crippen MR) is 57.8 cm³/mol. The minimum Gasteiger partial charge on any atom is -0.492 e. The van der Waals surface area contributed by atoms with Crippen LogP contribution >= 0.6 is 0 Å². The molecule has 0 aromatic carbocycles. The maximum atomic E-state index is 6.00. The number of hydrogen-bond donors (Lipinski definition) is 2. The molecule has 0 saturated carbocycles. The van der Waals surface area contributed by atoms with Crippen molar-refractivity contribution < 1.29 is 4.74 Å². The molecule has 0 amide bonds. The van der Waals surface area contributed by atoms with Crippen LogP contribution in [-0.2, 0) is 0 Å². The number of H-pyrrole nitrogens is 1. The Labute approximate surface area is 92.9 Å². The summed E-state index contributed by atoms with van der Waals surface area (Å²) in [4.78, 5) is 8.08. The van der Waals surface area contributed by atoms with Crippen molar-refractivity contribution in [1.29, 1.82) is 0 Å². The van der Waals surface area contributed by atoms with Gasteiger partial charge in [-0.1, -0.05) is 0 Å². The van der Waals surface area contributed by atoms with Crippen molar-refractivity contribution in [1.82, 2.24) is 20.2 Å². The minimum absolute atomic E-state index is 0.365. The normalized spacial score (nSPS) is 12.4. The van der Waals surface area contributed by atoms with Crippen LogP contribution in [-0.4, -0.2) is 26.8 Å². The highest BCUT2D eigenvalue weighted by atomic mass is 16.5. The zero-order chi connectivity index (χ0) is 11.4. The molecule has 2 heterocycles. The molecule has 84 valence electrons. The van der Waals surface area contributed by atoms with E-state index in [1.54, 1.807) is 12.4 Å². The average Bonchev–Trinajstić information content (AvgIpc) is 2.82. The second kappa shape index (κ2) is 4.71. The van der Waals surface area contributed by atoms with Crippen LogP contribution in [0.2, 0.25) is 0 Å². The molecule has 6 nitrogen and oxygen atoms in total. The van der Waals surface area contributed by atoms with Gasteiger partial charge in [0.25, 0.3) is 0 Å². The molecule has 16 heavy (non-hydrogen) atoms. The zero-order valence-corrected chi connectivity index (χ0v) is 8.92. The number of nitrogens with two attached hydrogens (primary N) is 1. The smallest absolute Gasteiger partial charge is 0.145 e. The van der Waals surface area contributed by atoms with Crippen LogP contribution < -0.4 is 10.5 Å². The molecule has 0 aliphatic heterocycles. The third kappa shape index (κ3) is 2.17. The molecule has 0 radical (unpaired) electrons. The van der Waals surface area contributed by atoms with Gasteiger partial charge in [0.05, 0.1) is 18.8 Å². The van der Waals surface area contributed by atoms with Crippen LogP contribution in [0.5, 0.6) is 5.75 Å². The summed E-state index contributed by atoms with van der Waals surface area (Å²) in [7, 11) is 0. The molecule has 0 aliphatic carbocycles. The molecule has 3 N–H and O–H groups in total. The monoisotopic (exact) mass is 219 g/mol. The minimum atomic E-state index is -0.365. The van der Waals surface area contributed by atoms with Gasteiger partial charge in [-0.3, -0.25) is 10.1 Å². The van der Waals surface area contributed by atoms with Crippen LogP contribution in [0.15, 0.2) is 24.8 Å². The van der Waals surface area contributed by atoms with Crippen LogP contribution in [0.25, 0.3) is 0 Å². The van der Waals surface area contributed by atoms with Gasteiger partial charge in [0.1, 0.15) is 17.9 Å². The fourth-order valence-electron chi connectivity index (χ4n) is 1.37. The van der Waals surface area contributed by atoms with Gasteiger partial charge >= 0.3 is 0 Å². The second-order valence-electron chi connectivity index (χ2n) is 3.24. The molecular formula is C10H13N5O. The standard InChI is InChI=1S/C10H13N5O/c1-2-16-8-3-7(4-12-5-8)9(11)10-13-6-14-15-10/h3-6,9H,2,11H2,1H3,(H,13,14,15). The summed E-state index contributed by atoms with van der Waals surface area (Å²) < 4.78 is 5.35. The quantitative estimate of drug-likeness (QED) is 0.787. The van der Waals surface area contributed by atoms with Gasteiger partial charge in [-0.05, 0) is 18.6 Å². The van der Waals surface area contributed by atoms with Gasteiger partial charge in [0.2, 0.25) is 0 Å². The summed E-state index contributed by atoms with van der Waals surface area (Å²) in [5.41, 5.74) is 6.83. The first kappa shape index (κ1) is 10.6. The topological polar surface area (TPSA) is 89.7 Å². The van der Waals surface area contributed by atoms with Crippen molar-refractivity contribution >= 4 is 0 Å². The van der Waals surface area contributed by atoms with Crippen molar-refractivity contribution in [2.45, 2.75) is 13.0 Å². The lowest BCUT2D eigenvalue weighted by molar-refractivity contribution is 0.338. The molecular weight excluding hydrogens is 206 g/mol. The lowest BCUT2D eigenvalue weighted by Gasteiger charge is -2.09. The first-order chi connectivity index (χ1) is 7.81. The number of nitrogens with zero attached hydrogens (tertiary/aromatic N) is 3. The molecule has 6 heteroatoms. The largest absolute Gasteiger partial charge is 0.492 e. The highest BCUT2D eigenvalue weighted by molar-refractivity contribution is 5.28. The predicted octanol–water partition coefficient (Wildman–Crippen LogP) is 0.647. The average molecular weight is 219 g/mol. The van der Waals surface area contributed by atoms with Gasteiger partial charge in [0.15, 0.2) is 0 Å². The SMILES string of the molecule is CCOc1cncc(C(N)c2ncn[nH]2)c1. The third-order valence-corrected chi connectivity index (χ3v) is 2.13. The van der Waals surface area contributed by atoms with E-state index in [0.29, 0.717) is 18.2 Å². The van der Waals surface area contributed by atoms with Crippen molar-refractivity contribution in [3.8, 4) is 5.75 Å². The Morgan fingerprint density at radius 3 is 3.06 bits per heavy atom. The number of nitrogens with one attached hydrogen (secondary N) is 1. The number of aromatic nitrogens is 4. The van der Waals surface area contributed by atoms with Gasteiger partial charge < -0.3 is 10.5 Å². The van der Waals surface area contributed by atoms with E-state index in [2.05, 4.69) is 20.2 Å². The highest BCUT2D eigenvalue weighted by Gasteiger charge is 2.12. The molecule has 2 aromatic heterocycles. The maximum Gasteiger partial charge on any atom is 0.145 e. The number of pyridine rings is 1. The molecule has 0 aliphatic rings. The summed E-state index contributed by atoms with van der Waals surface area (Å²) in [6.07, 6.45) is 4.77. The molecule has 1 atom stereocenters. The lowest BCUT2D eigenvalue weighted by Crippen LogP contribution is -2.14. The molecule has 0 bridgehead atoms. The summed E-state index contributed by atoms with van der Waals surface area (Å²) >= 11 is 0. The van der Waals surface area contributed by atoms with Crippen LogP contribution in [0, 0.1) is 0 Å². The van der Waals surface area contributed by atoms with Gasteiger partial charge in [-0.15, -0.1) is 0 Å². The summed E-state index contributed by atoms with van der Waals surface area (Å²) in [6.45, 7) is 2.52. The van der Waals surface area contributed by atoms with E-state index in [1.807, 2.05) is 13.0 Å². The van der Waals surface area contributed by atoms with Gasteiger partial charge in [-0.2, -0.15) is 5.10 Å². The fourth-order valence-corrected chi connectivity index (χ4v) is 1.37. The van der Waals surface area contributed by atoms with Crippen molar-refractivity contribution in [3.63, 3.8) is 0 Å². The van der Waals surface area contributed by atoms with E-state index >= 15 is 0 Å². The number of hydrogen-bond acceptors (Lipinski definition) is 5. The Morgan fingerprint density at radius 1 is 1.50 bits per heavy atom. The molecule has 2 aromatic rings. The van der Waals surface area contributed by atoms with E-state index in [1.165, 1.54) is 6.33 Å². The Bertz CT molecular complexity index is 442. The van der Waals surface area contributed by atoms with E-state index in [-0.39, 0.29) is 6.04 Å². The first-order valence-electron chi connectivity index (χ1n) is 5.00. The highest BCUT2D eigenvalue weighted by Crippen LogP contribution is 2.19. The Hall–Kier alpha value is -1.95. The van der Waals surface area contributed by atoms with Crippen molar-refractivity contribution in [2.24, 2.45) is 5.73 Å².